The lowest BCUT2D eigenvalue weighted by molar-refractivity contribution is -0.136. The van der Waals surface area contributed by atoms with E-state index in [1.165, 1.54) is 7.11 Å². The fraction of sp³-hybridized carbons (Fsp3) is 0.432. The fourth-order valence-electron chi connectivity index (χ4n) is 8.63. The van der Waals surface area contributed by atoms with Crippen LogP contribution in [0.4, 0.5) is 9.18 Å². The van der Waals surface area contributed by atoms with Gasteiger partial charge in [-0.05, 0) is 74.6 Å². The topological polar surface area (TPSA) is 155 Å². The Morgan fingerprint density at radius 3 is 2.55 bits per heavy atom. The molecule has 2 aromatic carbocycles. The highest BCUT2D eigenvalue weighted by Gasteiger charge is 2.37. The lowest BCUT2D eigenvalue weighted by Crippen LogP contribution is -2.52. The maximum Gasteiger partial charge on any atom is 0.407 e. The SMILES string of the molecule is CCCN(C(=O)[C@@H](NC(=O)OC)C(C)C)[C@@H](C)c1ncc(-c2ccc3c(c2)cc2n3[C@H](c3cnc(C4CC4)s3)Oc3cc(-c4cnc([C@@H]5C[Si](C)(C)CN5)[nH]4)cc(F)c3-2)[nH]1. The Balaban J connectivity index is 1.06. The molecular weight excluding hydrogens is 798 g/mol. The number of imidazole rings is 2. The molecule has 16 heteroatoms. The van der Waals surface area contributed by atoms with Crippen molar-refractivity contribution in [3.05, 3.63) is 82.3 Å². The molecule has 1 saturated carbocycles. The zero-order chi connectivity index (χ0) is 42.0. The highest BCUT2D eigenvalue weighted by atomic mass is 32.1. The van der Waals surface area contributed by atoms with E-state index in [1.807, 2.05) is 58.2 Å². The van der Waals surface area contributed by atoms with E-state index in [2.05, 4.69) is 44.3 Å². The van der Waals surface area contributed by atoms with E-state index >= 15 is 4.39 Å². The third-order valence-corrected chi connectivity index (χ3v) is 15.9. The molecule has 0 spiro atoms. The first kappa shape index (κ1) is 40.1. The number of alkyl carbamates (subject to hydrolysis) is 1. The van der Waals surface area contributed by atoms with Crippen molar-refractivity contribution in [3.8, 4) is 39.5 Å². The minimum absolute atomic E-state index is 0.156. The number of ether oxygens (including phenoxy) is 2. The van der Waals surface area contributed by atoms with Crippen molar-refractivity contribution in [1.29, 1.82) is 0 Å². The Morgan fingerprint density at radius 2 is 1.83 bits per heavy atom. The number of nitrogens with zero attached hydrogens (tertiary/aromatic N) is 5. The quantitative estimate of drug-likeness (QED) is 0.0890. The van der Waals surface area contributed by atoms with E-state index < -0.39 is 32.5 Å². The number of hydrogen-bond donors (Lipinski definition) is 4. The lowest BCUT2D eigenvalue weighted by Gasteiger charge is -2.33. The van der Waals surface area contributed by atoms with Crippen LogP contribution in [0.25, 0.3) is 44.7 Å². The summed E-state index contributed by atoms with van der Waals surface area (Å²) in [4.78, 5) is 49.9. The van der Waals surface area contributed by atoms with Gasteiger partial charge in [-0.2, -0.15) is 0 Å². The average Bonchev–Trinajstić information content (AvgIpc) is 3.76. The van der Waals surface area contributed by atoms with Crippen LogP contribution in [0.3, 0.4) is 0 Å². The minimum atomic E-state index is -1.31. The number of fused-ring (bicyclic) bond motifs is 5. The standard InChI is InChI=1S/C44H52FN9O4SSi/c1-8-13-53(42(55)38(23(2)3)52-44(56)57-5)24(4)39-46-18-30(50-39)26-11-12-33-28(14-26)16-34-37-29(45)15-27(31-19-47-40(51-31)32-21-60(6,7)22-49-32)17-35(37)58-43(54(33)34)36-20-48-41(59-36)25-9-10-25/h11-12,14-20,23-25,32,38,43,49H,8-10,13,21-22H2,1-7H3,(H,46,50)(H,47,51)(H,52,56)/t24-,32-,38-,43-/m0/s1. The summed E-state index contributed by atoms with van der Waals surface area (Å²) in [6.07, 6.45) is 8.34. The van der Waals surface area contributed by atoms with Crippen LogP contribution in [0, 0.1) is 11.7 Å². The first-order chi connectivity index (χ1) is 28.8. The van der Waals surface area contributed by atoms with Gasteiger partial charge in [0, 0.05) is 35.2 Å². The zero-order valence-corrected chi connectivity index (χ0v) is 36.9. The van der Waals surface area contributed by atoms with Gasteiger partial charge in [0.25, 0.3) is 0 Å². The van der Waals surface area contributed by atoms with Gasteiger partial charge in [-0.1, -0.05) is 39.9 Å². The van der Waals surface area contributed by atoms with Crippen molar-refractivity contribution in [2.24, 2.45) is 5.92 Å². The van der Waals surface area contributed by atoms with E-state index in [1.54, 1.807) is 34.7 Å². The van der Waals surface area contributed by atoms with Gasteiger partial charge in [-0.3, -0.25) is 9.36 Å². The van der Waals surface area contributed by atoms with Gasteiger partial charge in [0.05, 0.1) is 77.7 Å². The van der Waals surface area contributed by atoms with Crippen molar-refractivity contribution >= 4 is 42.3 Å². The van der Waals surface area contributed by atoms with Crippen LogP contribution < -0.4 is 15.4 Å². The largest absolute Gasteiger partial charge is 0.464 e. The van der Waals surface area contributed by atoms with Crippen LogP contribution >= 0.6 is 11.3 Å². The maximum absolute atomic E-state index is 16.6. The molecule has 3 aliphatic rings. The van der Waals surface area contributed by atoms with Gasteiger partial charge >= 0.3 is 6.09 Å². The number of carbonyl (C=O) groups is 2. The third-order valence-electron chi connectivity index (χ3n) is 12.1. The molecule has 1 aliphatic carbocycles. The molecule has 4 aromatic heterocycles. The van der Waals surface area contributed by atoms with E-state index in [9.17, 15) is 9.59 Å². The molecule has 60 heavy (non-hydrogen) atoms. The van der Waals surface area contributed by atoms with E-state index in [-0.39, 0.29) is 23.7 Å². The van der Waals surface area contributed by atoms with E-state index in [4.69, 9.17) is 24.4 Å². The highest BCUT2D eigenvalue weighted by Crippen LogP contribution is 2.49. The molecule has 13 nitrogen and oxygen atoms in total. The molecule has 0 bridgehead atoms. The molecule has 0 unspecified atom stereocenters. The Labute approximate surface area is 353 Å². The number of carbonyl (C=O) groups excluding carboxylic acids is 2. The number of aromatic nitrogens is 6. The number of nitrogens with one attached hydrogen (secondary N) is 4. The molecule has 6 aromatic rings. The zero-order valence-electron chi connectivity index (χ0n) is 35.1. The predicted octanol–water partition coefficient (Wildman–Crippen LogP) is 9.07. The molecule has 4 atom stereocenters. The van der Waals surface area contributed by atoms with Crippen molar-refractivity contribution in [1.82, 2.24) is 45.0 Å². The predicted molar refractivity (Wildman–Crippen MR) is 233 cm³/mol. The molecule has 2 fully saturated rings. The van der Waals surface area contributed by atoms with Gasteiger partial charge in [0.2, 0.25) is 12.1 Å². The summed E-state index contributed by atoms with van der Waals surface area (Å²) in [6.45, 7) is 13.0. The number of rotatable bonds is 12. The first-order valence-electron chi connectivity index (χ1n) is 20.9. The number of aromatic amines is 2. The lowest BCUT2D eigenvalue weighted by atomic mass is 10.0. The van der Waals surface area contributed by atoms with Crippen molar-refractivity contribution in [2.75, 3.05) is 19.8 Å². The monoisotopic (exact) mass is 849 g/mol. The van der Waals surface area contributed by atoms with Crippen molar-refractivity contribution in [2.45, 2.75) is 96.4 Å². The van der Waals surface area contributed by atoms with E-state index in [0.717, 1.165) is 80.7 Å². The second-order valence-electron chi connectivity index (χ2n) is 17.6. The summed E-state index contributed by atoms with van der Waals surface area (Å²) in [5.41, 5.74) is 5.11. The number of amides is 2. The molecule has 4 N–H and O–H groups in total. The first-order valence-corrected chi connectivity index (χ1v) is 25.2. The number of benzene rings is 2. The summed E-state index contributed by atoms with van der Waals surface area (Å²) >= 11 is 1.66. The number of thiazole rings is 1. The fourth-order valence-corrected chi connectivity index (χ4v) is 12.1. The molecule has 2 aliphatic heterocycles. The molecule has 6 heterocycles. The Morgan fingerprint density at radius 1 is 1.05 bits per heavy atom. The molecular formula is C44H52FN9O4SSi. The van der Waals surface area contributed by atoms with Crippen molar-refractivity contribution < 1.29 is 23.5 Å². The Hall–Kier alpha value is -5.32. The molecule has 1 saturated heterocycles. The summed E-state index contributed by atoms with van der Waals surface area (Å²) in [7, 11) is -0.0284. The van der Waals surface area contributed by atoms with Gasteiger partial charge in [0.15, 0.2) is 0 Å². The maximum atomic E-state index is 16.6. The third kappa shape index (κ3) is 7.42. The van der Waals surface area contributed by atoms with Crippen LogP contribution in [-0.2, 0) is 9.53 Å². The van der Waals surface area contributed by atoms with Crippen LogP contribution in [0.5, 0.6) is 5.75 Å². The summed E-state index contributed by atoms with van der Waals surface area (Å²) in [6, 6.07) is 11.8. The smallest absolute Gasteiger partial charge is 0.407 e. The van der Waals surface area contributed by atoms with Crippen LogP contribution in [0.1, 0.15) is 92.7 Å². The molecule has 314 valence electrons. The number of H-pyrrole nitrogens is 2. The van der Waals surface area contributed by atoms with Gasteiger partial charge in [-0.25, -0.2) is 24.1 Å². The Bertz CT molecular complexity index is 2590. The molecule has 9 rings (SSSR count). The summed E-state index contributed by atoms with van der Waals surface area (Å²) in [5, 5.41) is 8.36. The Kier molecular flexibility index (Phi) is 10.4. The second-order valence-corrected chi connectivity index (χ2v) is 23.8. The number of hydrogen-bond acceptors (Lipinski definition) is 9. The van der Waals surface area contributed by atoms with E-state index in [0.29, 0.717) is 35.2 Å². The van der Waals surface area contributed by atoms with Gasteiger partial charge < -0.3 is 35.0 Å². The number of methoxy groups -OCH3 is 1. The normalized spacial score (nSPS) is 19.1. The van der Waals surface area contributed by atoms with Crippen LogP contribution in [0.15, 0.2) is 55.0 Å². The summed E-state index contributed by atoms with van der Waals surface area (Å²) in [5.74, 6) is 1.73. The van der Waals surface area contributed by atoms with Crippen LogP contribution in [-0.4, -0.2) is 80.3 Å². The molecule has 0 radical (unpaired) electrons. The highest BCUT2D eigenvalue weighted by molar-refractivity contribution is 7.11. The van der Waals surface area contributed by atoms with Crippen molar-refractivity contribution in [3.63, 3.8) is 0 Å². The summed E-state index contributed by atoms with van der Waals surface area (Å²) < 4.78 is 30.4. The van der Waals surface area contributed by atoms with Gasteiger partial charge in [-0.15, -0.1) is 11.3 Å². The minimum Gasteiger partial charge on any atom is -0.464 e. The van der Waals surface area contributed by atoms with Crippen LogP contribution in [0.2, 0.25) is 19.1 Å². The number of halogens is 1. The van der Waals surface area contributed by atoms with Gasteiger partial charge in [0.1, 0.15) is 29.3 Å². The second kappa shape index (κ2) is 15.6. The molecule has 2 amide bonds. The average molecular weight is 850 g/mol.